The number of amides is 1. The molecule has 0 unspecified atom stereocenters. The van der Waals surface area contributed by atoms with Crippen molar-refractivity contribution in [1.82, 2.24) is 5.32 Å². The largest absolute Gasteiger partial charge is 0.441 e. The van der Waals surface area contributed by atoms with Crippen molar-refractivity contribution in [2.24, 2.45) is 5.92 Å². The van der Waals surface area contributed by atoms with Crippen LogP contribution in [0, 0.1) is 5.92 Å². The van der Waals surface area contributed by atoms with E-state index in [-0.39, 0.29) is 11.7 Å². The van der Waals surface area contributed by atoms with Gasteiger partial charge in [-0.05, 0) is 31.6 Å². The van der Waals surface area contributed by atoms with Gasteiger partial charge in [-0.15, -0.1) is 0 Å². The van der Waals surface area contributed by atoms with Crippen molar-refractivity contribution in [1.29, 1.82) is 0 Å². The van der Waals surface area contributed by atoms with E-state index in [1.54, 1.807) is 0 Å². The molecule has 0 bridgehead atoms. The van der Waals surface area contributed by atoms with Crippen LogP contribution < -0.4 is 5.32 Å². The summed E-state index contributed by atoms with van der Waals surface area (Å²) in [6, 6.07) is 0. The number of ether oxygens (including phenoxy) is 1. The van der Waals surface area contributed by atoms with Gasteiger partial charge < -0.3 is 10.1 Å². The fourth-order valence-corrected chi connectivity index (χ4v) is 2.68. The average molecular weight is 197 g/mol. The third-order valence-electron chi connectivity index (χ3n) is 3.58. The maximum Gasteiger partial charge on any atom is 0.407 e. The molecule has 0 aromatic rings. The van der Waals surface area contributed by atoms with E-state index in [4.69, 9.17) is 4.74 Å². The van der Waals surface area contributed by atoms with E-state index in [1.807, 2.05) is 0 Å². The molecule has 1 aliphatic heterocycles. The maximum atomic E-state index is 11.0. The normalized spacial score (nSPS) is 36.9. The summed E-state index contributed by atoms with van der Waals surface area (Å²) in [6.07, 6.45) is 6.94. The van der Waals surface area contributed by atoms with Crippen LogP contribution >= 0.6 is 0 Å². The van der Waals surface area contributed by atoms with E-state index in [9.17, 15) is 4.79 Å². The fraction of sp³-hybridized carbons (Fsp3) is 0.909. The molecule has 2 fully saturated rings. The molecule has 0 aromatic heterocycles. The van der Waals surface area contributed by atoms with E-state index in [0.717, 1.165) is 25.3 Å². The van der Waals surface area contributed by atoms with Crippen LogP contribution in [0.4, 0.5) is 4.79 Å². The number of rotatable bonds is 2. The molecule has 1 heterocycles. The predicted octanol–water partition coefficient (Wildman–Crippen LogP) is 2.46. The standard InChI is InChI=1S/C11H19NO2/c1-2-3-9-4-6-11(7-5-9)8-12-10(13)14-11/h9H,2-8H2,1H3,(H,12,13). The summed E-state index contributed by atoms with van der Waals surface area (Å²) in [6.45, 7) is 2.96. The lowest BCUT2D eigenvalue weighted by atomic mass is 9.77. The molecule has 80 valence electrons. The van der Waals surface area contributed by atoms with Gasteiger partial charge in [0, 0.05) is 0 Å². The first kappa shape index (κ1) is 9.81. The van der Waals surface area contributed by atoms with Crippen molar-refractivity contribution in [3.63, 3.8) is 0 Å². The second-order valence-electron chi connectivity index (χ2n) is 4.66. The molecule has 1 saturated heterocycles. The molecule has 1 amide bonds. The molecule has 3 heteroatoms. The molecule has 0 atom stereocenters. The van der Waals surface area contributed by atoms with Gasteiger partial charge in [-0.25, -0.2) is 4.79 Å². The summed E-state index contributed by atoms with van der Waals surface area (Å²) in [5, 5.41) is 2.77. The molecule has 0 radical (unpaired) electrons. The first-order chi connectivity index (χ1) is 6.74. The number of carbonyl (C=O) groups is 1. The summed E-state index contributed by atoms with van der Waals surface area (Å²) in [5.41, 5.74) is -0.138. The predicted molar refractivity (Wildman–Crippen MR) is 54.1 cm³/mol. The highest BCUT2D eigenvalue weighted by molar-refractivity contribution is 5.70. The smallest absolute Gasteiger partial charge is 0.407 e. The van der Waals surface area contributed by atoms with Crippen LogP contribution in [-0.4, -0.2) is 18.2 Å². The zero-order chi connectivity index (χ0) is 10.0. The quantitative estimate of drug-likeness (QED) is 0.738. The summed E-state index contributed by atoms with van der Waals surface area (Å²) in [5.74, 6) is 0.866. The Hall–Kier alpha value is -0.730. The van der Waals surface area contributed by atoms with Crippen molar-refractivity contribution in [3.8, 4) is 0 Å². The van der Waals surface area contributed by atoms with Gasteiger partial charge in [0.1, 0.15) is 5.60 Å². The molecule has 2 aliphatic rings. The van der Waals surface area contributed by atoms with Crippen LogP contribution in [0.3, 0.4) is 0 Å². The molecule has 2 rings (SSSR count). The van der Waals surface area contributed by atoms with Crippen LogP contribution in [-0.2, 0) is 4.74 Å². The van der Waals surface area contributed by atoms with Crippen LogP contribution in [0.1, 0.15) is 45.4 Å². The van der Waals surface area contributed by atoms with Crippen LogP contribution in [0.25, 0.3) is 0 Å². The average Bonchev–Trinajstić information content (AvgIpc) is 2.53. The van der Waals surface area contributed by atoms with Gasteiger partial charge in [0.05, 0.1) is 6.54 Å². The Labute approximate surface area is 85.2 Å². The number of hydrogen-bond acceptors (Lipinski definition) is 2. The lowest BCUT2D eigenvalue weighted by Crippen LogP contribution is -2.37. The number of nitrogens with one attached hydrogen (secondary N) is 1. The summed E-state index contributed by atoms with van der Waals surface area (Å²) >= 11 is 0. The molecule has 1 spiro atoms. The van der Waals surface area contributed by atoms with Gasteiger partial charge in [-0.3, -0.25) is 0 Å². The fourth-order valence-electron chi connectivity index (χ4n) is 2.68. The van der Waals surface area contributed by atoms with Gasteiger partial charge in [-0.2, -0.15) is 0 Å². The lowest BCUT2D eigenvalue weighted by molar-refractivity contribution is 0.0122. The highest BCUT2D eigenvalue weighted by atomic mass is 16.6. The van der Waals surface area contributed by atoms with Crippen LogP contribution in [0.15, 0.2) is 0 Å². The zero-order valence-corrected chi connectivity index (χ0v) is 8.84. The van der Waals surface area contributed by atoms with Crippen LogP contribution in [0.2, 0.25) is 0 Å². The molecule has 1 aliphatic carbocycles. The van der Waals surface area contributed by atoms with Crippen molar-refractivity contribution >= 4 is 6.09 Å². The molecule has 1 saturated carbocycles. The van der Waals surface area contributed by atoms with Crippen molar-refractivity contribution in [2.45, 2.75) is 51.0 Å². The first-order valence-corrected chi connectivity index (χ1v) is 5.71. The number of carbonyl (C=O) groups excluding carboxylic acids is 1. The summed E-state index contributed by atoms with van der Waals surface area (Å²) in [7, 11) is 0. The van der Waals surface area contributed by atoms with E-state index in [1.165, 1.54) is 25.7 Å². The molecule has 0 aromatic carbocycles. The van der Waals surface area contributed by atoms with Crippen molar-refractivity contribution in [3.05, 3.63) is 0 Å². The van der Waals surface area contributed by atoms with E-state index in [2.05, 4.69) is 12.2 Å². The third-order valence-corrected chi connectivity index (χ3v) is 3.58. The first-order valence-electron chi connectivity index (χ1n) is 5.71. The van der Waals surface area contributed by atoms with Gasteiger partial charge in [0.25, 0.3) is 0 Å². The Bertz CT molecular complexity index is 219. The molecular weight excluding hydrogens is 178 g/mol. The molecule has 1 N–H and O–H groups in total. The second-order valence-corrected chi connectivity index (χ2v) is 4.66. The molecule has 14 heavy (non-hydrogen) atoms. The summed E-state index contributed by atoms with van der Waals surface area (Å²) < 4.78 is 5.37. The Kier molecular flexibility index (Phi) is 2.66. The monoisotopic (exact) mass is 197 g/mol. The Morgan fingerprint density at radius 2 is 2.21 bits per heavy atom. The minimum atomic E-state index is -0.223. The Morgan fingerprint density at radius 3 is 2.71 bits per heavy atom. The topological polar surface area (TPSA) is 38.3 Å². The minimum Gasteiger partial charge on any atom is -0.441 e. The van der Waals surface area contributed by atoms with E-state index >= 15 is 0 Å². The van der Waals surface area contributed by atoms with Crippen molar-refractivity contribution < 1.29 is 9.53 Å². The number of alkyl carbamates (subject to hydrolysis) is 1. The zero-order valence-electron chi connectivity index (χ0n) is 8.84. The lowest BCUT2D eigenvalue weighted by Gasteiger charge is -2.34. The minimum absolute atomic E-state index is 0.138. The maximum absolute atomic E-state index is 11.0. The number of hydrogen-bond donors (Lipinski definition) is 1. The molecule has 3 nitrogen and oxygen atoms in total. The van der Waals surface area contributed by atoms with Crippen molar-refractivity contribution in [2.75, 3.05) is 6.54 Å². The van der Waals surface area contributed by atoms with Gasteiger partial charge in [0.15, 0.2) is 0 Å². The third kappa shape index (κ3) is 1.86. The van der Waals surface area contributed by atoms with Gasteiger partial charge >= 0.3 is 6.09 Å². The second kappa shape index (κ2) is 3.79. The highest BCUT2D eigenvalue weighted by Gasteiger charge is 2.42. The highest BCUT2D eigenvalue weighted by Crippen LogP contribution is 2.38. The summed E-state index contributed by atoms with van der Waals surface area (Å²) in [4.78, 5) is 11.0. The SMILES string of the molecule is CCCC1CCC2(CC1)CNC(=O)O2. The Morgan fingerprint density at radius 1 is 1.50 bits per heavy atom. The molecular formula is C11H19NO2. The Balaban J connectivity index is 1.86. The van der Waals surface area contributed by atoms with E-state index < -0.39 is 0 Å². The van der Waals surface area contributed by atoms with Gasteiger partial charge in [0.2, 0.25) is 0 Å². The van der Waals surface area contributed by atoms with Gasteiger partial charge in [-0.1, -0.05) is 19.8 Å². The van der Waals surface area contributed by atoms with E-state index in [0.29, 0.717) is 0 Å². The van der Waals surface area contributed by atoms with Crippen LogP contribution in [0.5, 0.6) is 0 Å².